The number of aliphatic hydroxyl groups is 1. The number of carbonyl (C=O) groups excluding carboxylic acids is 1. The van der Waals surface area contributed by atoms with Crippen LogP contribution in [0.25, 0.3) is 0 Å². The van der Waals surface area contributed by atoms with Gasteiger partial charge in [0.05, 0.1) is 13.2 Å². The predicted octanol–water partition coefficient (Wildman–Crippen LogP) is -0.608. The number of methoxy groups -OCH3 is 1. The molecule has 0 saturated carbocycles. The van der Waals surface area contributed by atoms with E-state index in [0.29, 0.717) is 6.61 Å². The van der Waals surface area contributed by atoms with Gasteiger partial charge in [0.1, 0.15) is 12.7 Å². The topological polar surface area (TPSA) is 67.8 Å². The van der Waals surface area contributed by atoms with E-state index in [-0.39, 0.29) is 13.2 Å². The molecule has 0 bridgehead atoms. The molecule has 0 aromatic heterocycles. The third kappa shape index (κ3) is 8.22. The molecule has 0 radical (unpaired) electrons. The Hall–Kier alpha value is -0.790. The van der Waals surface area contributed by atoms with Crippen LogP contribution in [0.2, 0.25) is 0 Å². The molecule has 2 N–H and O–H groups in total. The van der Waals surface area contributed by atoms with E-state index in [1.54, 1.807) is 0 Å². The average molecular weight is 227 g/mol. The molecule has 1 atom stereocenters. The van der Waals surface area contributed by atoms with E-state index in [1.807, 2.05) is 0 Å². The molecule has 0 fully saturated rings. The van der Waals surface area contributed by atoms with Crippen LogP contribution in [-0.4, -0.2) is 57.0 Å². The number of hydrogen-bond donors (Lipinski definition) is 2. The summed E-state index contributed by atoms with van der Waals surface area (Å²) in [7, 11) is 1.49. The van der Waals surface area contributed by atoms with Crippen LogP contribution in [0.15, 0.2) is 0 Å². The quantitative estimate of drug-likeness (QED) is 0.543. The van der Waals surface area contributed by atoms with E-state index in [9.17, 15) is 13.6 Å². The Morgan fingerprint density at radius 1 is 1.47 bits per heavy atom. The standard InChI is InChI=1S/C8H15F2NO4/c1-14-2-3-15-5-7(13)11-4-6(12)8(9)10/h6,8,12H,2-5H2,1H3,(H,11,13). The summed E-state index contributed by atoms with van der Waals surface area (Å²) in [6.45, 7) is -0.113. The molecule has 0 rings (SSSR count). The van der Waals surface area contributed by atoms with E-state index in [0.717, 1.165) is 0 Å². The Labute approximate surface area is 86.4 Å². The first-order valence-corrected chi connectivity index (χ1v) is 4.37. The SMILES string of the molecule is COCCOCC(=O)NCC(O)C(F)F. The maximum absolute atomic E-state index is 11.8. The Kier molecular flexibility index (Phi) is 8.06. The van der Waals surface area contributed by atoms with Gasteiger partial charge in [-0.05, 0) is 0 Å². The first kappa shape index (κ1) is 14.2. The van der Waals surface area contributed by atoms with Crippen molar-refractivity contribution in [3.63, 3.8) is 0 Å². The number of aliphatic hydroxyl groups excluding tert-OH is 1. The number of ether oxygens (including phenoxy) is 2. The number of rotatable bonds is 8. The van der Waals surface area contributed by atoms with E-state index < -0.39 is 25.0 Å². The summed E-state index contributed by atoms with van der Waals surface area (Å²) >= 11 is 0. The van der Waals surface area contributed by atoms with Gasteiger partial charge in [0, 0.05) is 13.7 Å². The molecular formula is C8H15F2NO4. The summed E-state index contributed by atoms with van der Waals surface area (Å²) in [5.74, 6) is -0.550. The molecule has 15 heavy (non-hydrogen) atoms. The lowest BCUT2D eigenvalue weighted by Gasteiger charge is -2.10. The summed E-state index contributed by atoms with van der Waals surface area (Å²) in [4.78, 5) is 10.9. The van der Waals surface area contributed by atoms with Crippen molar-refractivity contribution in [1.82, 2.24) is 5.32 Å². The van der Waals surface area contributed by atoms with Crippen molar-refractivity contribution in [2.24, 2.45) is 0 Å². The highest BCUT2D eigenvalue weighted by Gasteiger charge is 2.17. The summed E-state index contributed by atoms with van der Waals surface area (Å²) in [5, 5.41) is 10.8. The minimum Gasteiger partial charge on any atom is -0.385 e. The molecule has 1 amide bonds. The Morgan fingerprint density at radius 2 is 2.13 bits per heavy atom. The van der Waals surface area contributed by atoms with Crippen molar-refractivity contribution < 1.29 is 28.2 Å². The molecule has 0 aliphatic rings. The van der Waals surface area contributed by atoms with Gasteiger partial charge < -0.3 is 19.9 Å². The van der Waals surface area contributed by atoms with Crippen molar-refractivity contribution in [3.8, 4) is 0 Å². The molecule has 0 aliphatic carbocycles. The highest BCUT2D eigenvalue weighted by molar-refractivity contribution is 5.77. The van der Waals surface area contributed by atoms with Crippen LogP contribution in [0.5, 0.6) is 0 Å². The van der Waals surface area contributed by atoms with Gasteiger partial charge in [-0.2, -0.15) is 0 Å². The minimum atomic E-state index is -2.86. The van der Waals surface area contributed by atoms with E-state index >= 15 is 0 Å². The number of amides is 1. The molecule has 90 valence electrons. The monoisotopic (exact) mass is 227 g/mol. The zero-order valence-electron chi connectivity index (χ0n) is 8.41. The van der Waals surface area contributed by atoms with Crippen LogP contribution >= 0.6 is 0 Å². The van der Waals surface area contributed by atoms with Crippen molar-refractivity contribution in [2.75, 3.05) is 33.5 Å². The molecule has 0 aromatic rings. The maximum atomic E-state index is 11.8. The second kappa shape index (κ2) is 8.51. The third-order valence-corrected chi connectivity index (χ3v) is 1.46. The summed E-state index contributed by atoms with van der Waals surface area (Å²) in [6, 6.07) is 0. The largest absolute Gasteiger partial charge is 0.385 e. The first-order chi connectivity index (χ1) is 7.07. The third-order valence-electron chi connectivity index (χ3n) is 1.46. The highest BCUT2D eigenvalue weighted by atomic mass is 19.3. The Morgan fingerprint density at radius 3 is 2.67 bits per heavy atom. The Balaban J connectivity index is 3.41. The molecular weight excluding hydrogens is 212 g/mol. The van der Waals surface area contributed by atoms with E-state index in [2.05, 4.69) is 10.1 Å². The van der Waals surface area contributed by atoms with E-state index in [1.165, 1.54) is 7.11 Å². The van der Waals surface area contributed by atoms with Gasteiger partial charge >= 0.3 is 0 Å². The number of alkyl halides is 2. The molecule has 5 nitrogen and oxygen atoms in total. The van der Waals surface area contributed by atoms with Gasteiger partial charge in [0.15, 0.2) is 0 Å². The van der Waals surface area contributed by atoms with E-state index in [4.69, 9.17) is 9.84 Å². The molecule has 0 heterocycles. The van der Waals surface area contributed by atoms with Crippen LogP contribution in [0, 0.1) is 0 Å². The number of carbonyl (C=O) groups is 1. The first-order valence-electron chi connectivity index (χ1n) is 4.37. The average Bonchev–Trinajstić information content (AvgIpc) is 2.20. The van der Waals surface area contributed by atoms with Crippen LogP contribution in [0.3, 0.4) is 0 Å². The summed E-state index contributed by atoms with van der Waals surface area (Å²) in [6.07, 6.45) is -4.70. The lowest BCUT2D eigenvalue weighted by Crippen LogP contribution is -2.37. The molecule has 1 unspecified atom stereocenters. The second-order valence-electron chi connectivity index (χ2n) is 2.75. The fraction of sp³-hybridized carbons (Fsp3) is 0.875. The smallest absolute Gasteiger partial charge is 0.265 e. The second-order valence-corrected chi connectivity index (χ2v) is 2.75. The lowest BCUT2D eigenvalue weighted by atomic mass is 10.3. The number of halogens is 2. The van der Waals surface area contributed by atoms with Crippen LogP contribution in [-0.2, 0) is 14.3 Å². The molecule has 7 heteroatoms. The molecule has 0 aromatic carbocycles. The lowest BCUT2D eigenvalue weighted by molar-refractivity contribution is -0.127. The molecule has 0 saturated heterocycles. The van der Waals surface area contributed by atoms with Gasteiger partial charge in [0.2, 0.25) is 5.91 Å². The fourth-order valence-corrected chi connectivity index (χ4v) is 0.666. The fourth-order valence-electron chi connectivity index (χ4n) is 0.666. The Bertz CT molecular complexity index is 180. The normalized spacial score (nSPS) is 12.9. The van der Waals surface area contributed by atoms with Crippen molar-refractivity contribution in [3.05, 3.63) is 0 Å². The van der Waals surface area contributed by atoms with Crippen LogP contribution in [0.4, 0.5) is 8.78 Å². The van der Waals surface area contributed by atoms with Gasteiger partial charge in [-0.1, -0.05) is 0 Å². The highest BCUT2D eigenvalue weighted by Crippen LogP contribution is 1.98. The zero-order chi connectivity index (χ0) is 11.7. The van der Waals surface area contributed by atoms with Crippen molar-refractivity contribution in [2.45, 2.75) is 12.5 Å². The van der Waals surface area contributed by atoms with Crippen molar-refractivity contribution in [1.29, 1.82) is 0 Å². The van der Waals surface area contributed by atoms with Crippen LogP contribution < -0.4 is 5.32 Å². The van der Waals surface area contributed by atoms with Gasteiger partial charge in [-0.25, -0.2) is 8.78 Å². The van der Waals surface area contributed by atoms with Gasteiger partial charge in [-0.3, -0.25) is 4.79 Å². The zero-order valence-corrected chi connectivity index (χ0v) is 8.41. The number of nitrogens with one attached hydrogen (secondary N) is 1. The molecule has 0 spiro atoms. The minimum absolute atomic E-state index is 0.237. The molecule has 0 aliphatic heterocycles. The number of hydrogen-bond acceptors (Lipinski definition) is 4. The van der Waals surface area contributed by atoms with Crippen LogP contribution in [0.1, 0.15) is 0 Å². The van der Waals surface area contributed by atoms with Gasteiger partial charge in [-0.15, -0.1) is 0 Å². The summed E-state index contributed by atoms with van der Waals surface area (Å²) in [5.41, 5.74) is 0. The van der Waals surface area contributed by atoms with Crippen molar-refractivity contribution >= 4 is 5.91 Å². The summed E-state index contributed by atoms with van der Waals surface area (Å²) < 4.78 is 33.0. The maximum Gasteiger partial charge on any atom is 0.265 e. The predicted molar refractivity (Wildman–Crippen MR) is 47.7 cm³/mol. The van der Waals surface area contributed by atoms with Gasteiger partial charge in [0.25, 0.3) is 6.43 Å².